The smallest absolute Gasteiger partial charge is 0.360 e. The molecule has 0 atom stereocenters. The number of anilines is 1. The van der Waals surface area contributed by atoms with E-state index in [-0.39, 0.29) is 21.7 Å². The lowest BCUT2D eigenvalue weighted by Gasteiger charge is -2.11. The van der Waals surface area contributed by atoms with Gasteiger partial charge in [-0.25, -0.2) is 9.18 Å². The van der Waals surface area contributed by atoms with Crippen LogP contribution in [0.3, 0.4) is 0 Å². The first kappa shape index (κ1) is 11.8. The summed E-state index contributed by atoms with van der Waals surface area (Å²) in [7, 11) is 2.45. The molecule has 0 bridgehead atoms. The van der Waals surface area contributed by atoms with Crippen molar-refractivity contribution in [2.24, 2.45) is 0 Å². The third-order valence-electron chi connectivity index (χ3n) is 1.74. The Morgan fingerprint density at radius 3 is 2.60 bits per heavy atom. The Morgan fingerprint density at radius 1 is 1.53 bits per heavy atom. The first-order chi connectivity index (χ1) is 7.02. The number of ether oxygens (including phenoxy) is 2. The molecule has 7 heteroatoms. The van der Waals surface area contributed by atoms with E-state index >= 15 is 0 Å². The molecule has 0 amide bonds. The van der Waals surface area contributed by atoms with Crippen LogP contribution in [0.25, 0.3) is 0 Å². The van der Waals surface area contributed by atoms with Gasteiger partial charge in [0.1, 0.15) is 5.69 Å². The van der Waals surface area contributed by atoms with Gasteiger partial charge in [0.15, 0.2) is 17.3 Å². The van der Waals surface area contributed by atoms with Crippen molar-refractivity contribution in [2.45, 2.75) is 0 Å². The van der Waals surface area contributed by atoms with E-state index in [0.29, 0.717) is 0 Å². The van der Waals surface area contributed by atoms with Crippen molar-refractivity contribution in [3.8, 4) is 5.75 Å². The minimum absolute atomic E-state index is 0.0614. The molecule has 2 radical (unpaired) electrons. The number of esters is 1. The summed E-state index contributed by atoms with van der Waals surface area (Å²) in [4.78, 5) is 14.9. The van der Waals surface area contributed by atoms with Gasteiger partial charge in [0.05, 0.1) is 14.2 Å². The Bertz CT molecular complexity index is 411. The Hall–Kier alpha value is -1.32. The maximum atomic E-state index is 13.3. The number of nitrogens with zero attached hydrogens (tertiary/aromatic N) is 1. The minimum atomic E-state index is -0.734. The number of aromatic nitrogens is 1. The highest BCUT2D eigenvalue weighted by Gasteiger charge is 2.21. The van der Waals surface area contributed by atoms with Gasteiger partial charge >= 0.3 is 5.97 Å². The van der Waals surface area contributed by atoms with Crippen LogP contribution in [0, 0.1) is 5.82 Å². The summed E-state index contributed by atoms with van der Waals surface area (Å²) < 4.78 is 22.5. The minimum Gasteiger partial charge on any atom is -0.492 e. The molecular formula is C8H8AlFN2O3. The summed E-state index contributed by atoms with van der Waals surface area (Å²) >= 11 is 2.03. The normalized spacial score (nSPS) is 9.80. The zero-order valence-corrected chi connectivity index (χ0v) is 9.36. The molecule has 1 heterocycles. The number of hydrogen-bond donors (Lipinski definition) is 1. The first-order valence-corrected chi connectivity index (χ1v) is 4.47. The van der Waals surface area contributed by atoms with Gasteiger partial charge in [0, 0.05) is 0 Å². The standard InChI is InChI=1S/C8H8FN2O3.Al/c1-13-7-5(10)4(9)3-11-6(7)8(12)14-2;/h1-2H3,(H2,10,11);. The lowest BCUT2D eigenvalue weighted by Crippen LogP contribution is -2.22. The van der Waals surface area contributed by atoms with Crippen LogP contribution in [0.1, 0.15) is 10.5 Å². The van der Waals surface area contributed by atoms with Crippen molar-refractivity contribution in [3.63, 3.8) is 0 Å². The molecule has 0 aliphatic carbocycles. The highest BCUT2D eigenvalue weighted by Crippen LogP contribution is 2.26. The third kappa shape index (κ3) is 2.03. The first-order valence-electron chi connectivity index (χ1n) is 3.89. The maximum Gasteiger partial charge on any atom is 0.360 e. The van der Waals surface area contributed by atoms with E-state index in [1.807, 2.05) is 16.3 Å². The molecule has 2 N–H and O–H groups in total. The van der Waals surface area contributed by atoms with Gasteiger partial charge in [0.25, 0.3) is 0 Å². The number of nitrogen functional groups attached to an aromatic ring is 1. The molecule has 0 aliphatic heterocycles. The molecule has 0 saturated carbocycles. The molecule has 0 aliphatic rings. The molecule has 0 spiro atoms. The van der Waals surface area contributed by atoms with Crippen LogP contribution in [0.4, 0.5) is 10.1 Å². The van der Waals surface area contributed by atoms with Gasteiger partial charge in [-0.1, -0.05) is 0 Å². The molecule has 1 aromatic heterocycles. The lowest BCUT2D eigenvalue weighted by atomic mass is 10.2. The monoisotopic (exact) mass is 226 g/mol. The summed E-state index contributed by atoms with van der Waals surface area (Å²) in [6.07, 6.45) is 0. The zero-order valence-electron chi connectivity index (χ0n) is 8.20. The Labute approximate surface area is 93.8 Å². The fourth-order valence-electron chi connectivity index (χ4n) is 1.03. The van der Waals surface area contributed by atoms with Crippen LogP contribution >= 0.6 is 0 Å². The quantitative estimate of drug-likeness (QED) is 0.538. The molecule has 0 aromatic carbocycles. The third-order valence-corrected chi connectivity index (χ3v) is 2.12. The highest BCUT2D eigenvalue weighted by molar-refractivity contribution is 6.31. The SMILES string of the molecule is COC(=O)c1n[c]([Al])c(F)c(N)c1OC. The van der Waals surface area contributed by atoms with E-state index in [0.717, 1.165) is 0 Å². The van der Waals surface area contributed by atoms with Crippen LogP contribution in [-0.4, -0.2) is 41.5 Å². The van der Waals surface area contributed by atoms with Gasteiger partial charge in [0.2, 0.25) is 16.3 Å². The predicted octanol–water partition coefficient (Wildman–Crippen LogP) is -0.608. The van der Waals surface area contributed by atoms with E-state index in [9.17, 15) is 9.18 Å². The van der Waals surface area contributed by atoms with Crippen LogP contribution in [0.5, 0.6) is 5.75 Å². The van der Waals surface area contributed by atoms with E-state index in [1.54, 1.807) is 0 Å². The molecule has 5 nitrogen and oxygen atoms in total. The fraction of sp³-hybridized carbons (Fsp3) is 0.250. The number of hydrogen-bond acceptors (Lipinski definition) is 5. The fourth-order valence-corrected chi connectivity index (χ4v) is 1.31. The van der Waals surface area contributed by atoms with Crippen molar-refractivity contribution < 1.29 is 18.7 Å². The molecule has 15 heavy (non-hydrogen) atoms. The Balaban J connectivity index is 3.45. The van der Waals surface area contributed by atoms with Gasteiger partial charge in [-0.2, -0.15) is 0 Å². The predicted molar refractivity (Wildman–Crippen MR) is 51.9 cm³/mol. The summed E-state index contributed by atoms with van der Waals surface area (Å²) in [6, 6.07) is 0. The second kappa shape index (κ2) is 4.47. The lowest BCUT2D eigenvalue weighted by molar-refractivity contribution is 0.0590. The van der Waals surface area contributed by atoms with Crippen LogP contribution < -0.4 is 15.0 Å². The molecule has 0 fully saturated rings. The summed E-state index contributed by atoms with van der Waals surface area (Å²) in [6.45, 7) is 0. The summed E-state index contributed by atoms with van der Waals surface area (Å²) in [5.41, 5.74) is 5.01. The Morgan fingerprint density at radius 2 is 2.13 bits per heavy atom. The topological polar surface area (TPSA) is 74.4 Å². The van der Waals surface area contributed by atoms with E-state index in [1.165, 1.54) is 14.2 Å². The molecule has 0 saturated heterocycles. The number of carbonyl (C=O) groups excluding carboxylic acids is 1. The van der Waals surface area contributed by atoms with Crippen molar-refractivity contribution in [3.05, 3.63) is 11.5 Å². The van der Waals surface area contributed by atoms with Crippen molar-refractivity contribution in [2.75, 3.05) is 20.0 Å². The average molecular weight is 226 g/mol. The highest BCUT2D eigenvalue weighted by atomic mass is 27.0. The van der Waals surface area contributed by atoms with Gasteiger partial charge in [-0.15, -0.1) is 0 Å². The number of methoxy groups -OCH3 is 2. The number of carbonyl (C=O) groups is 1. The maximum absolute atomic E-state index is 13.3. The average Bonchev–Trinajstić information content (AvgIpc) is 2.24. The number of rotatable bonds is 2. The molecule has 1 rings (SSSR count). The summed E-state index contributed by atoms with van der Waals surface area (Å²) in [5.74, 6) is -1.59. The number of halogens is 1. The van der Waals surface area contributed by atoms with Gasteiger partial charge in [-0.3, -0.25) is 4.98 Å². The Kier molecular flexibility index (Phi) is 3.50. The zero-order chi connectivity index (χ0) is 11.6. The molecule has 1 aromatic rings. The van der Waals surface area contributed by atoms with Crippen LogP contribution in [-0.2, 0) is 4.74 Å². The van der Waals surface area contributed by atoms with Crippen molar-refractivity contribution in [1.82, 2.24) is 4.98 Å². The van der Waals surface area contributed by atoms with E-state index in [2.05, 4.69) is 9.72 Å². The van der Waals surface area contributed by atoms with Gasteiger partial charge in [-0.05, 0) is 4.56 Å². The molecular weight excluding hydrogens is 218 g/mol. The molecule has 0 unspecified atom stereocenters. The largest absolute Gasteiger partial charge is 0.492 e. The van der Waals surface area contributed by atoms with E-state index in [4.69, 9.17) is 10.5 Å². The number of pyridine rings is 1. The van der Waals surface area contributed by atoms with Crippen LogP contribution in [0.2, 0.25) is 0 Å². The van der Waals surface area contributed by atoms with Crippen molar-refractivity contribution in [1.29, 1.82) is 0 Å². The summed E-state index contributed by atoms with van der Waals surface area (Å²) in [5, 5.41) is 0. The second-order valence-electron chi connectivity index (χ2n) is 2.60. The molecule has 78 valence electrons. The number of nitrogens with two attached hydrogens (primary N) is 1. The van der Waals surface area contributed by atoms with E-state index < -0.39 is 11.8 Å². The van der Waals surface area contributed by atoms with Gasteiger partial charge < -0.3 is 15.2 Å². The second-order valence-corrected chi connectivity index (χ2v) is 3.15. The van der Waals surface area contributed by atoms with Crippen LogP contribution in [0.15, 0.2) is 0 Å². The van der Waals surface area contributed by atoms with Crippen molar-refractivity contribution >= 4 is 32.5 Å².